The van der Waals surface area contributed by atoms with Gasteiger partial charge in [0.05, 0.1) is 28.5 Å². The highest BCUT2D eigenvalue weighted by atomic mass is 16.6. The maximum absolute atomic E-state index is 12.0. The van der Waals surface area contributed by atoms with E-state index in [2.05, 4.69) is 30.8 Å². The highest BCUT2D eigenvalue weighted by Crippen LogP contribution is 2.33. The van der Waals surface area contributed by atoms with Gasteiger partial charge in [0.1, 0.15) is 6.33 Å². The van der Waals surface area contributed by atoms with Crippen LogP contribution in [0.15, 0.2) is 95.4 Å². The number of aromatic nitrogens is 2. The van der Waals surface area contributed by atoms with Gasteiger partial charge in [-0.3, -0.25) is 10.1 Å². The lowest BCUT2D eigenvalue weighted by Gasteiger charge is -2.11. The van der Waals surface area contributed by atoms with Crippen molar-refractivity contribution in [3.05, 3.63) is 101 Å². The van der Waals surface area contributed by atoms with Crippen LogP contribution in [-0.4, -0.2) is 27.5 Å². The zero-order valence-corrected chi connectivity index (χ0v) is 19.2. The lowest BCUT2D eigenvalue weighted by atomic mass is 10.2. The molecule has 36 heavy (non-hydrogen) atoms. The molecule has 3 aromatic carbocycles. The molecule has 11 nitrogen and oxygen atoms in total. The number of benzene rings is 3. The summed E-state index contributed by atoms with van der Waals surface area (Å²) in [6.45, 7) is 1.95. The molecule has 4 rings (SSSR count). The van der Waals surface area contributed by atoms with Crippen molar-refractivity contribution >= 4 is 46.0 Å². The number of ether oxygens (including phenoxy) is 1. The maximum atomic E-state index is 12.0. The molecule has 0 radical (unpaired) electrons. The summed E-state index contributed by atoms with van der Waals surface area (Å²) in [6.07, 6.45) is 1.20. The summed E-state index contributed by atoms with van der Waals surface area (Å²) in [5, 5.41) is 26.1. The first-order chi connectivity index (χ1) is 17.5. The summed E-state index contributed by atoms with van der Waals surface area (Å²) in [5.74, 6) is -0.531. The predicted octanol–water partition coefficient (Wildman–Crippen LogP) is 6.46. The lowest BCUT2D eigenvalue weighted by molar-refractivity contribution is -0.383. The van der Waals surface area contributed by atoms with Crippen LogP contribution in [0.1, 0.15) is 17.3 Å². The topological polar surface area (TPSA) is 144 Å². The molecule has 2 N–H and O–H groups in total. The van der Waals surface area contributed by atoms with E-state index in [1.54, 1.807) is 49.4 Å². The van der Waals surface area contributed by atoms with Gasteiger partial charge < -0.3 is 15.4 Å². The third-order valence-electron chi connectivity index (χ3n) is 4.81. The number of nitro groups is 1. The minimum atomic E-state index is -0.581. The number of anilines is 4. The Kier molecular flexibility index (Phi) is 7.51. The number of hydrogen-bond donors (Lipinski definition) is 2. The fourth-order valence-electron chi connectivity index (χ4n) is 3.17. The van der Waals surface area contributed by atoms with Crippen LogP contribution < -0.4 is 10.6 Å². The number of esters is 1. The van der Waals surface area contributed by atoms with E-state index in [1.165, 1.54) is 12.4 Å². The normalized spacial score (nSPS) is 10.7. The van der Waals surface area contributed by atoms with Crippen LogP contribution in [0.2, 0.25) is 0 Å². The summed E-state index contributed by atoms with van der Waals surface area (Å²) >= 11 is 0. The number of nitrogens with one attached hydrogen (secondary N) is 2. The monoisotopic (exact) mass is 483 g/mol. The first-order valence-corrected chi connectivity index (χ1v) is 10.9. The first kappa shape index (κ1) is 24.0. The van der Waals surface area contributed by atoms with Gasteiger partial charge in [0.15, 0.2) is 0 Å². The molecular formula is C25H21N7O4. The Morgan fingerprint density at radius 1 is 0.889 bits per heavy atom. The van der Waals surface area contributed by atoms with Crippen molar-refractivity contribution in [2.45, 2.75) is 6.92 Å². The number of nitrogens with zero attached hydrogens (tertiary/aromatic N) is 5. The quantitative estimate of drug-likeness (QED) is 0.119. The van der Waals surface area contributed by atoms with Gasteiger partial charge in [-0.2, -0.15) is 10.2 Å². The van der Waals surface area contributed by atoms with Gasteiger partial charge in [-0.05, 0) is 61.5 Å². The molecule has 0 fully saturated rings. The summed E-state index contributed by atoms with van der Waals surface area (Å²) in [7, 11) is 0. The highest BCUT2D eigenvalue weighted by Gasteiger charge is 2.23. The van der Waals surface area contributed by atoms with Gasteiger partial charge in [0.2, 0.25) is 11.6 Å². The molecule has 11 heteroatoms. The molecular weight excluding hydrogens is 462 g/mol. The van der Waals surface area contributed by atoms with E-state index in [-0.39, 0.29) is 23.9 Å². The first-order valence-electron chi connectivity index (χ1n) is 10.9. The molecule has 0 aliphatic carbocycles. The van der Waals surface area contributed by atoms with Crippen LogP contribution in [0.4, 0.5) is 40.1 Å². The second kappa shape index (κ2) is 11.3. The van der Waals surface area contributed by atoms with Crippen LogP contribution in [0.3, 0.4) is 0 Å². The van der Waals surface area contributed by atoms with Crippen molar-refractivity contribution in [1.29, 1.82) is 0 Å². The second-order valence-corrected chi connectivity index (χ2v) is 7.31. The van der Waals surface area contributed by atoms with Crippen LogP contribution >= 0.6 is 0 Å². The summed E-state index contributed by atoms with van der Waals surface area (Å²) < 4.78 is 5.00. The standard InChI is InChI=1S/C25H21N7O4/c1-2-36-25(33)17-7-6-10-21(15-17)29-24-22(32(34)35)23(26-16-27-24)28-18-11-13-20(14-12-18)31-30-19-8-4-3-5-9-19/h3-16H,2H2,1H3,(H2,26,27,28,29). The van der Waals surface area contributed by atoms with E-state index in [1.807, 2.05) is 30.3 Å². The highest BCUT2D eigenvalue weighted by molar-refractivity contribution is 5.91. The molecule has 0 saturated heterocycles. The third-order valence-corrected chi connectivity index (χ3v) is 4.81. The molecule has 0 atom stereocenters. The summed E-state index contributed by atoms with van der Waals surface area (Å²) in [6, 6.07) is 22.6. The Balaban J connectivity index is 1.54. The van der Waals surface area contributed by atoms with Gasteiger partial charge >= 0.3 is 11.7 Å². The molecule has 4 aromatic rings. The number of hydrogen-bond acceptors (Lipinski definition) is 10. The van der Waals surface area contributed by atoms with Crippen LogP contribution in [0, 0.1) is 10.1 Å². The largest absolute Gasteiger partial charge is 0.462 e. The summed E-state index contributed by atoms with van der Waals surface area (Å²) in [4.78, 5) is 31.4. The Hall–Kier alpha value is -5.19. The summed E-state index contributed by atoms with van der Waals surface area (Å²) in [5.41, 5.74) is 2.29. The smallest absolute Gasteiger partial charge is 0.353 e. The Morgan fingerprint density at radius 2 is 1.53 bits per heavy atom. The zero-order chi connectivity index (χ0) is 25.3. The fourth-order valence-corrected chi connectivity index (χ4v) is 3.17. The van der Waals surface area contributed by atoms with Crippen LogP contribution in [0.5, 0.6) is 0 Å². The van der Waals surface area contributed by atoms with E-state index >= 15 is 0 Å². The van der Waals surface area contributed by atoms with Crippen molar-refractivity contribution in [3.8, 4) is 0 Å². The minimum Gasteiger partial charge on any atom is -0.462 e. The van der Waals surface area contributed by atoms with Gasteiger partial charge in [0, 0.05) is 11.4 Å². The molecule has 180 valence electrons. The molecule has 1 heterocycles. The molecule has 0 amide bonds. The lowest BCUT2D eigenvalue weighted by Crippen LogP contribution is -2.07. The van der Waals surface area contributed by atoms with Gasteiger partial charge in [-0.15, -0.1) is 0 Å². The Morgan fingerprint density at radius 3 is 2.17 bits per heavy atom. The Bertz CT molecular complexity index is 1390. The van der Waals surface area contributed by atoms with E-state index in [9.17, 15) is 14.9 Å². The average molecular weight is 483 g/mol. The van der Waals surface area contributed by atoms with Crippen molar-refractivity contribution in [1.82, 2.24) is 9.97 Å². The van der Waals surface area contributed by atoms with E-state index < -0.39 is 10.9 Å². The van der Waals surface area contributed by atoms with Crippen molar-refractivity contribution < 1.29 is 14.5 Å². The van der Waals surface area contributed by atoms with E-state index in [0.29, 0.717) is 22.6 Å². The molecule has 0 unspecified atom stereocenters. The minimum absolute atomic E-state index is 0.00212. The molecule has 1 aromatic heterocycles. The van der Waals surface area contributed by atoms with Gasteiger partial charge in [0.25, 0.3) is 0 Å². The Labute approximate surface area is 206 Å². The maximum Gasteiger partial charge on any atom is 0.353 e. The SMILES string of the molecule is CCOC(=O)c1cccc(Nc2ncnc(Nc3ccc(N=Nc4ccccc4)cc3)c2[N+](=O)[O-])c1. The van der Waals surface area contributed by atoms with E-state index in [0.717, 1.165) is 5.69 Å². The fraction of sp³-hybridized carbons (Fsp3) is 0.0800. The molecule has 0 bridgehead atoms. The van der Waals surface area contributed by atoms with Crippen LogP contribution in [0.25, 0.3) is 0 Å². The second-order valence-electron chi connectivity index (χ2n) is 7.31. The average Bonchev–Trinajstić information content (AvgIpc) is 2.89. The number of azo groups is 1. The molecule has 0 spiro atoms. The van der Waals surface area contributed by atoms with E-state index in [4.69, 9.17) is 4.74 Å². The molecule has 0 saturated carbocycles. The molecule has 0 aliphatic rings. The van der Waals surface area contributed by atoms with Crippen LogP contribution in [-0.2, 0) is 4.74 Å². The van der Waals surface area contributed by atoms with Gasteiger partial charge in [-0.25, -0.2) is 14.8 Å². The van der Waals surface area contributed by atoms with Crippen molar-refractivity contribution in [2.24, 2.45) is 10.2 Å². The number of carbonyl (C=O) groups is 1. The predicted molar refractivity (Wildman–Crippen MR) is 135 cm³/mol. The van der Waals surface area contributed by atoms with Crippen molar-refractivity contribution in [2.75, 3.05) is 17.2 Å². The zero-order valence-electron chi connectivity index (χ0n) is 19.2. The number of rotatable bonds is 9. The van der Waals surface area contributed by atoms with Gasteiger partial charge in [-0.1, -0.05) is 24.3 Å². The number of carbonyl (C=O) groups excluding carboxylic acids is 1. The molecule has 0 aliphatic heterocycles. The van der Waals surface area contributed by atoms with Crippen molar-refractivity contribution in [3.63, 3.8) is 0 Å². The third kappa shape index (κ3) is 6.03.